The molecule has 1 saturated carbocycles. The van der Waals surface area contributed by atoms with Gasteiger partial charge in [-0.3, -0.25) is 0 Å². The molecule has 0 bridgehead atoms. The SMILES string of the molecule is O=C(Oc1ccccc1)N(CC1CCCN1)C1CC1. The van der Waals surface area contributed by atoms with Crippen molar-refractivity contribution in [2.24, 2.45) is 0 Å². The maximum absolute atomic E-state index is 12.3. The van der Waals surface area contributed by atoms with Crippen LogP contribution in [0, 0.1) is 0 Å². The number of nitrogens with one attached hydrogen (secondary N) is 1. The molecule has 1 heterocycles. The fourth-order valence-electron chi connectivity index (χ4n) is 2.56. The lowest BCUT2D eigenvalue weighted by molar-refractivity contribution is 0.144. The minimum absolute atomic E-state index is 0.206. The molecule has 2 fully saturated rings. The van der Waals surface area contributed by atoms with Crippen LogP contribution in [0.2, 0.25) is 0 Å². The normalized spacial score (nSPS) is 22.2. The molecule has 19 heavy (non-hydrogen) atoms. The van der Waals surface area contributed by atoms with Crippen LogP contribution in [0.4, 0.5) is 4.79 Å². The monoisotopic (exact) mass is 260 g/mol. The van der Waals surface area contributed by atoms with Gasteiger partial charge in [0.25, 0.3) is 0 Å². The highest BCUT2D eigenvalue weighted by Crippen LogP contribution is 2.28. The highest BCUT2D eigenvalue weighted by Gasteiger charge is 2.35. The van der Waals surface area contributed by atoms with E-state index in [1.54, 1.807) is 0 Å². The van der Waals surface area contributed by atoms with Gasteiger partial charge in [-0.25, -0.2) is 4.79 Å². The third kappa shape index (κ3) is 3.26. The molecule has 102 valence electrons. The topological polar surface area (TPSA) is 41.6 Å². The fraction of sp³-hybridized carbons (Fsp3) is 0.533. The number of amides is 1. The van der Waals surface area contributed by atoms with Gasteiger partial charge in [-0.2, -0.15) is 0 Å². The Kier molecular flexibility index (Phi) is 3.69. The number of carbonyl (C=O) groups excluding carboxylic acids is 1. The average Bonchev–Trinajstić information content (AvgIpc) is 3.14. The Morgan fingerprint density at radius 1 is 1.26 bits per heavy atom. The van der Waals surface area contributed by atoms with Crippen LogP contribution < -0.4 is 10.1 Å². The van der Waals surface area contributed by atoms with E-state index in [4.69, 9.17) is 4.74 Å². The van der Waals surface area contributed by atoms with E-state index >= 15 is 0 Å². The summed E-state index contributed by atoms with van der Waals surface area (Å²) in [5.74, 6) is 0.623. The zero-order valence-electron chi connectivity index (χ0n) is 11.0. The number of carbonyl (C=O) groups is 1. The zero-order valence-corrected chi connectivity index (χ0v) is 11.0. The van der Waals surface area contributed by atoms with Crippen LogP contribution >= 0.6 is 0 Å². The zero-order chi connectivity index (χ0) is 13.1. The van der Waals surface area contributed by atoms with Crippen LogP contribution in [0.3, 0.4) is 0 Å². The van der Waals surface area contributed by atoms with Crippen LogP contribution in [-0.2, 0) is 0 Å². The summed E-state index contributed by atoms with van der Waals surface area (Å²) in [7, 11) is 0. The molecule has 0 spiro atoms. The molecule has 3 rings (SSSR count). The summed E-state index contributed by atoms with van der Waals surface area (Å²) in [6.45, 7) is 1.84. The summed E-state index contributed by atoms with van der Waals surface area (Å²) in [5, 5.41) is 3.44. The van der Waals surface area contributed by atoms with E-state index in [1.807, 2.05) is 35.2 Å². The number of nitrogens with zero attached hydrogens (tertiary/aromatic N) is 1. The predicted octanol–water partition coefficient (Wildman–Crippen LogP) is 2.40. The van der Waals surface area contributed by atoms with Crippen molar-refractivity contribution in [3.63, 3.8) is 0 Å². The molecular weight excluding hydrogens is 240 g/mol. The standard InChI is InChI=1S/C15H20N2O2/c18-15(19-14-6-2-1-3-7-14)17(13-8-9-13)11-12-5-4-10-16-12/h1-3,6-7,12-13,16H,4-5,8-11H2. The Hall–Kier alpha value is -1.55. The van der Waals surface area contributed by atoms with Gasteiger partial charge < -0.3 is 15.0 Å². The van der Waals surface area contributed by atoms with Crippen molar-refractivity contribution in [3.8, 4) is 5.75 Å². The van der Waals surface area contributed by atoms with Gasteiger partial charge in [0.1, 0.15) is 5.75 Å². The lowest BCUT2D eigenvalue weighted by atomic mass is 10.2. The molecule has 1 aromatic rings. The lowest BCUT2D eigenvalue weighted by Gasteiger charge is -2.25. The van der Waals surface area contributed by atoms with Crippen molar-refractivity contribution >= 4 is 6.09 Å². The number of hydrogen-bond acceptors (Lipinski definition) is 3. The van der Waals surface area contributed by atoms with E-state index in [1.165, 1.54) is 6.42 Å². The van der Waals surface area contributed by atoms with E-state index in [0.717, 1.165) is 32.4 Å². The summed E-state index contributed by atoms with van der Waals surface area (Å²) in [6.07, 6.45) is 4.37. The molecule has 1 saturated heterocycles. The summed E-state index contributed by atoms with van der Waals surface area (Å²) >= 11 is 0. The van der Waals surface area contributed by atoms with Crippen molar-refractivity contribution in [2.75, 3.05) is 13.1 Å². The van der Waals surface area contributed by atoms with Crippen LogP contribution in [0.1, 0.15) is 25.7 Å². The second kappa shape index (κ2) is 5.61. The second-order valence-electron chi connectivity index (χ2n) is 5.36. The van der Waals surface area contributed by atoms with E-state index < -0.39 is 0 Å². The fourth-order valence-corrected chi connectivity index (χ4v) is 2.56. The first-order chi connectivity index (χ1) is 9.33. The first-order valence-electron chi connectivity index (χ1n) is 7.10. The molecule has 1 N–H and O–H groups in total. The number of rotatable bonds is 4. The number of benzene rings is 1. The molecule has 1 unspecified atom stereocenters. The maximum Gasteiger partial charge on any atom is 0.415 e. The third-order valence-corrected chi connectivity index (χ3v) is 3.75. The summed E-state index contributed by atoms with van der Waals surface area (Å²) < 4.78 is 5.45. The van der Waals surface area contributed by atoms with Crippen LogP contribution in [0.15, 0.2) is 30.3 Å². The van der Waals surface area contributed by atoms with Crippen molar-refractivity contribution in [3.05, 3.63) is 30.3 Å². The van der Waals surface area contributed by atoms with Crippen LogP contribution in [0.5, 0.6) is 5.75 Å². The molecule has 2 aliphatic rings. The highest BCUT2D eigenvalue weighted by atomic mass is 16.6. The van der Waals surface area contributed by atoms with E-state index in [9.17, 15) is 4.79 Å². The molecule has 1 aliphatic carbocycles. The molecule has 0 aromatic heterocycles. The van der Waals surface area contributed by atoms with Crippen molar-refractivity contribution in [1.82, 2.24) is 10.2 Å². The molecule has 1 aromatic carbocycles. The van der Waals surface area contributed by atoms with Gasteiger partial charge in [-0.15, -0.1) is 0 Å². The van der Waals surface area contributed by atoms with E-state index in [-0.39, 0.29) is 6.09 Å². The smallest absolute Gasteiger partial charge is 0.410 e. The Morgan fingerprint density at radius 3 is 2.68 bits per heavy atom. The predicted molar refractivity (Wildman–Crippen MR) is 73.2 cm³/mol. The van der Waals surface area contributed by atoms with Gasteiger partial charge in [0.15, 0.2) is 0 Å². The minimum Gasteiger partial charge on any atom is -0.410 e. The molecule has 1 atom stereocenters. The largest absolute Gasteiger partial charge is 0.415 e. The number of hydrogen-bond donors (Lipinski definition) is 1. The first-order valence-corrected chi connectivity index (χ1v) is 7.10. The third-order valence-electron chi connectivity index (χ3n) is 3.75. The van der Waals surface area contributed by atoms with Crippen molar-refractivity contribution < 1.29 is 9.53 Å². The molecule has 1 aliphatic heterocycles. The van der Waals surface area contributed by atoms with Crippen molar-refractivity contribution in [2.45, 2.75) is 37.8 Å². The molecule has 4 nitrogen and oxygen atoms in total. The Morgan fingerprint density at radius 2 is 2.05 bits per heavy atom. The van der Waals surface area contributed by atoms with E-state index in [2.05, 4.69) is 5.32 Å². The Bertz CT molecular complexity index is 425. The Balaban J connectivity index is 1.61. The summed E-state index contributed by atoms with van der Waals surface area (Å²) in [4.78, 5) is 14.2. The molecule has 1 amide bonds. The van der Waals surface area contributed by atoms with Gasteiger partial charge in [-0.1, -0.05) is 18.2 Å². The van der Waals surface area contributed by atoms with Gasteiger partial charge in [0, 0.05) is 18.6 Å². The number of ether oxygens (including phenoxy) is 1. The maximum atomic E-state index is 12.3. The summed E-state index contributed by atoms with van der Waals surface area (Å²) in [5.41, 5.74) is 0. The first kappa shape index (κ1) is 12.5. The van der Waals surface area contributed by atoms with E-state index in [0.29, 0.717) is 17.8 Å². The highest BCUT2D eigenvalue weighted by molar-refractivity contribution is 5.71. The molecule has 0 radical (unpaired) electrons. The summed E-state index contributed by atoms with van der Waals surface area (Å²) in [6, 6.07) is 10.1. The second-order valence-corrected chi connectivity index (χ2v) is 5.36. The lowest BCUT2D eigenvalue weighted by Crippen LogP contribution is -2.43. The quantitative estimate of drug-likeness (QED) is 0.904. The number of para-hydroxylation sites is 1. The molecule has 4 heteroatoms. The van der Waals surface area contributed by atoms with Crippen molar-refractivity contribution in [1.29, 1.82) is 0 Å². The van der Waals surface area contributed by atoms with Crippen LogP contribution in [0.25, 0.3) is 0 Å². The van der Waals surface area contributed by atoms with Gasteiger partial charge in [0.2, 0.25) is 0 Å². The average molecular weight is 260 g/mol. The van der Waals surface area contributed by atoms with Gasteiger partial charge in [-0.05, 0) is 44.4 Å². The van der Waals surface area contributed by atoms with Gasteiger partial charge >= 0.3 is 6.09 Å². The van der Waals surface area contributed by atoms with Crippen LogP contribution in [-0.4, -0.2) is 36.2 Å². The minimum atomic E-state index is -0.206. The van der Waals surface area contributed by atoms with Gasteiger partial charge in [0.05, 0.1) is 0 Å². The Labute approximate surface area is 113 Å². The molecular formula is C15H20N2O2.